The number of hydrogen-bond acceptors (Lipinski definition) is 5. The molecule has 1 aromatic carbocycles. The molecule has 0 radical (unpaired) electrons. The predicted molar refractivity (Wildman–Crippen MR) is 117 cm³/mol. The van der Waals surface area contributed by atoms with Gasteiger partial charge in [0.2, 0.25) is 0 Å². The Morgan fingerprint density at radius 2 is 1.57 bits per heavy atom. The number of benzene rings is 1. The van der Waals surface area contributed by atoms with Crippen LogP contribution in [0.2, 0.25) is 0 Å². The van der Waals surface area contributed by atoms with E-state index in [1.807, 2.05) is 61.4 Å². The van der Waals surface area contributed by atoms with E-state index in [0.717, 1.165) is 44.2 Å². The van der Waals surface area contributed by atoms with E-state index < -0.39 is 0 Å². The first-order valence-electron chi connectivity index (χ1n) is 10.1. The van der Waals surface area contributed by atoms with E-state index in [0.29, 0.717) is 0 Å². The molecule has 6 nitrogen and oxygen atoms in total. The van der Waals surface area contributed by atoms with Gasteiger partial charge in [-0.15, -0.1) is 0 Å². The minimum Gasteiger partial charge on any atom is -0.324 e. The summed E-state index contributed by atoms with van der Waals surface area (Å²) in [6.45, 7) is 3.95. The van der Waals surface area contributed by atoms with Crippen molar-refractivity contribution in [1.29, 1.82) is 0 Å². The molecule has 3 aromatic heterocycles. The van der Waals surface area contributed by atoms with Gasteiger partial charge in [0.05, 0.1) is 24.4 Å². The second kappa shape index (κ2) is 10.4. The highest BCUT2D eigenvalue weighted by molar-refractivity contribution is 5.23. The van der Waals surface area contributed by atoms with Crippen LogP contribution in [0, 0.1) is 0 Å². The minimum absolute atomic E-state index is 0.761. The Morgan fingerprint density at radius 1 is 0.767 bits per heavy atom. The number of hydrogen-bond donors (Lipinski definition) is 1. The highest BCUT2D eigenvalue weighted by Crippen LogP contribution is 2.12. The van der Waals surface area contributed by atoms with Crippen LogP contribution in [0.4, 0.5) is 0 Å². The van der Waals surface area contributed by atoms with Gasteiger partial charge in [-0.3, -0.25) is 14.9 Å². The standard InChI is InChI=1S/C24H26N6/c1-3-10-27-23(8-1)16-26-15-21-6-5-7-22(14-21)17-30(20-29-13-12-25-19-29)18-24-9-2-4-11-28-24/h1-14,19,26H,15-18,20H2. The van der Waals surface area contributed by atoms with E-state index >= 15 is 0 Å². The fourth-order valence-electron chi connectivity index (χ4n) is 3.41. The average molecular weight is 399 g/mol. The summed E-state index contributed by atoms with van der Waals surface area (Å²) in [5.74, 6) is 0. The molecule has 30 heavy (non-hydrogen) atoms. The quantitative estimate of drug-likeness (QED) is 0.442. The number of nitrogens with one attached hydrogen (secondary N) is 1. The van der Waals surface area contributed by atoms with Gasteiger partial charge in [-0.25, -0.2) is 4.98 Å². The molecule has 0 aliphatic heterocycles. The molecule has 4 rings (SSSR count). The van der Waals surface area contributed by atoms with Crippen molar-refractivity contribution in [2.24, 2.45) is 0 Å². The monoisotopic (exact) mass is 398 g/mol. The summed E-state index contributed by atoms with van der Waals surface area (Å²) >= 11 is 0. The van der Waals surface area contributed by atoms with Crippen LogP contribution in [0.1, 0.15) is 22.5 Å². The molecule has 0 saturated carbocycles. The number of nitrogens with zero attached hydrogens (tertiary/aromatic N) is 5. The van der Waals surface area contributed by atoms with Crippen molar-refractivity contribution in [3.63, 3.8) is 0 Å². The van der Waals surface area contributed by atoms with Crippen LogP contribution in [0.5, 0.6) is 0 Å². The zero-order valence-corrected chi connectivity index (χ0v) is 16.9. The van der Waals surface area contributed by atoms with E-state index in [2.05, 4.69) is 60.1 Å². The normalized spacial score (nSPS) is 11.1. The van der Waals surface area contributed by atoms with Crippen LogP contribution >= 0.6 is 0 Å². The molecule has 3 heterocycles. The van der Waals surface area contributed by atoms with Crippen LogP contribution in [0.15, 0.2) is 91.8 Å². The fraction of sp³-hybridized carbons (Fsp3) is 0.208. The van der Waals surface area contributed by atoms with Crippen molar-refractivity contribution in [3.8, 4) is 0 Å². The molecule has 0 spiro atoms. The summed E-state index contributed by atoms with van der Waals surface area (Å²) < 4.78 is 2.08. The fourth-order valence-corrected chi connectivity index (χ4v) is 3.41. The maximum absolute atomic E-state index is 4.49. The molecular weight excluding hydrogens is 372 g/mol. The molecule has 0 bridgehead atoms. The summed E-state index contributed by atoms with van der Waals surface area (Å²) in [6.07, 6.45) is 9.33. The first kappa shape index (κ1) is 19.9. The lowest BCUT2D eigenvalue weighted by Crippen LogP contribution is -2.25. The van der Waals surface area contributed by atoms with E-state index in [1.54, 1.807) is 0 Å². The topological polar surface area (TPSA) is 58.9 Å². The molecule has 4 aromatic rings. The minimum atomic E-state index is 0.761. The van der Waals surface area contributed by atoms with Gasteiger partial charge in [0.15, 0.2) is 0 Å². The van der Waals surface area contributed by atoms with E-state index in [4.69, 9.17) is 0 Å². The van der Waals surface area contributed by atoms with Crippen molar-refractivity contribution < 1.29 is 0 Å². The first-order chi connectivity index (χ1) is 14.8. The predicted octanol–water partition coefficient (Wildman–Crippen LogP) is 3.62. The lowest BCUT2D eigenvalue weighted by molar-refractivity contribution is 0.198. The Hall–Kier alpha value is -3.35. The Morgan fingerprint density at radius 3 is 2.30 bits per heavy atom. The first-order valence-corrected chi connectivity index (χ1v) is 10.1. The third-order valence-electron chi connectivity index (χ3n) is 4.79. The van der Waals surface area contributed by atoms with Gasteiger partial charge in [0, 0.05) is 51.0 Å². The van der Waals surface area contributed by atoms with Crippen LogP contribution in [0.25, 0.3) is 0 Å². The smallest absolute Gasteiger partial charge is 0.0956 e. The molecule has 0 amide bonds. The molecule has 0 aliphatic carbocycles. The maximum atomic E-state index is 4.49. The molecule has 0 fully saturated rings. The Bertz CT molecular complexity index is 1000. The summed E-state index contributed by atoms with van der Waals surface area (Å²) in [4.78, 5) is 15.4. The number of imidazole rings is 1. The van der Waals surface area contributed by atoms with Crippen LogP contribution in [-0.4, -0.2) is 24.4 Å². The van der Waals surface area contributed by atoms with Crippen LogP contribution in [-0.2, 0) is 32.8 Å². The number of aromatic nitrogens is 4. The average Bonchev–Trinajstić information content (AvgIpc) is 3.29. The number of rotatable bonds is 10. The second-order valence-electron chi connectivity index (χ2n) is 7.27. The van der Waals surface area contributed by atoms with Gasteiger partial charge in [-0.05, 0) is 35.4 Å². The van der Waals surface area contributed by atoms with E-state index in [-0.39, 0.29) is 0 Å². The zero-order chi connectivity index (χ0) is 20.4. The summed E-state index contributed by atoms with van der Waals surface area (Å²) in [7, 11) is 0. The summed E-state index contributed by atoms with van der Waals surface area (Å²) in [5, 5.41) is 3.48. The van der Waals surface area contributed by atoms with Crippen LogP contribution < -0.4 is 5.32 Å². The zero-order valence-electron chi connectivity index (χ0n) is 16.9. The van der Waals surface area contributed by atoms with E-state index in [9.17, 15) is 0 Å². The van der Waals surface area contributed by atoms with Gasteiger partial charge >= 0.3 is 0 Å². The molecule has 0 unspecified atom stereocenters. The van der Waals surface area contributed by atoms with Crippen LogP contribution in [0.3, 0.4) is 0 Å². The lowest BCUT2D eigenvalue weighted by Gasteiger charge is -2.23. The van der Waals surface area contributed by atoms with Crippen molar-refractivity contribution >= 4 is 0 Å². The third kappa shape index (κ3) is 6.07. The molecule has 0 saturated heterocycles. The third-order valence-corrected chi connectivity index (χ3v) is 4.79. The van der Waals surface area contributed by atoms with Gasteiger partial charge in [0.25, 0.3) is 0 Å². The summed E-state index contributed by atoms with van der Waals surface area (Å²) in [5.41, 5.74) is 4.66. The van der Waals surface area contributed by atoms with Crippen molar-refractivity contribution in [2.45, 2.75) is 32.8 Å². The Labute approximate surface area is 177 Å². The van der Waals surface area contributed by atoms with Crippen molar-refractivity contribution in [1.82, 2.24) is 29.7 Å². The Kier molecular flexibility index (Phi) is 6.94. The molecule has 1 N–H and O–H groups in total. The Balaban J connectivity index is 1.39. The largest absolute Gasteiger partial charge is 0.324 e. The van der Waals surface area contributed by atoms with Crippen molar-refractivity contribution in [3.05, 3.63) is 114 Å². The van der Waals surface area contributed by atoms with Gasteiger partial charge in [0.1, 0.15) is 0 Å². The second-order valence-corrected chi connectivity index (χ2v) is 7.27. The maximum Gasteiger partial charge on any atom is 0.0956 e. The lowest BCUT2D eigenvalue weighted by atomic mass is 10.1. The highest BCUT2D eigenvalue weighted by atomic mass is 15.3. The highest BCUT2D eigenvalue weighted by Gasteiger charge is 2.09. The summed E-state index contributed by atoms with van der Waals surface area (Å²) in [6, 6.07) is 20.8. The molecular formula is C24H26N6. The molecule has 6 heteroatoms. The van der Waals surface area contributed by atoms with Gasteiger partial charge in [-0.2, -0.15) is 0 Å². The van der Waals surface area contributed by atoms with Gasteiger partial charge in [-0.1, -0.05) is 36.4 Å². The van der Waals surface area contributed by atoms with Crippen molar-refractivity contribution in [2.75, 3.05) is 0 Å². The van der Waals surface area contributed by atoms with E-state index in [1.165, 1.54) is 11.1 Å². The molecule has 152 valence electrons. The SMILES string of the molecule is c1ccc(CNCc2cccc(CN(Cc3ccccn3)Cn3ccnc3)c2)nc1. The number of pyridine rings is 2. The molecule has 0 atom stereocenters. The van der Waals surface area contributed by atoms with Gasteiger partial charge < -0.3 is 9.88 Å². The molecule has 0 aliphatic rings.